The number of guanidine groups is 1. The molecular weight excluding hydrogens is 390 g/mol. The van der Waals surface area contributed by atoms with Crippen LogP contribution in [0.1, 0.15) is 50.5 Å². The summed E-state index contributed by atoms with van der Waals surface area (Å²) >= 11 is 0. The van der Waals surface area contributed by atoms with Gasteiger partial charge in [0.15, 0.2) is 5.96 Å². The largest absolute Gasteiger partial charge is 0.373 e. The Kier molecular flexibility index (Phi) is 9.32. The van der Waals surface area contributed by atoms with Gasteiger partial charge in [-0.3, -0.25) is 14.7 Å². The quantitative estimate of drug-likeness (QED) is 0.489. The van der Waals surface area contributed by atoms with Crippen molar-refractivity contribution in [3.05, 3.63) is 35.4 Å². The maximum Gasteiger partial charge on any atom is 0.253 e. The summed E-state index contributed by atoms with van der Waals surface area (Å²) in [5.74, 6) is 0.851. The number of nitrogens with one attached hydrogen (secondary N) is 2. The van der Waals surface area contributed by atoms with Crippen LogP contribution in [-0.2, 0) is 11.2 Å². The van der Waals surface area contributed by atoms with Crippen LogP contribution < -0.4 is 10.6 Å². The van der Waals surface area contributed by atoms with E-state index in [0.29, 0.717) is 6.54 Å². The van der Waals surface area contributed by atoms with Gasteiger partial charge in [-0.1, -0.05) is 12.1 Å². The lowest BCUT2D eigenvalue weighted by atomic mass is 10.0. The lowest BCUT2D eigenvalue weighted by Gasteiger charge is -2.44. The predicted octanol–water partition coefficient (Wildman–Crippen LogP) is 2.37. The van der Waals surface area contributed by atoms with Crippen LogP contribution in [0.25, 0.3) is 0 Å². The van der Waals surface area contributed by atoms with E-state index in [9.17, 15) is 4.79 Å². The monoisotopic (exact) mass is 431 g/mol. The Morgan fingerprint density at radius 2 is 1.90 bits per heavy atom. The van der Waals surface area contributed by atoms with Gasteiger partial charge in [0.1, 0.15) is 0 Å². The van der Waals surface area contributed by atoms with Gasteiger partial charge in [0, 0.05) is 51.4 Å². The minimum atomic E-state index is -0.0461. The van der Waals surface area contributed by atoms with Crippen LogP contribution >= 0.6 is 0 Å². The minimum Gasteiger partial charge on any atom is -0.373 e. The topological polar surface area (TPSA) is 69.2 Å². The Labute approximate surface area is 188 Å². The van der Waals surface area contributed by atoms with Gasteiger partial charge in [-0.2, -0.15) is 0 Å². The Morgan fingerprint density at radius 1 is 1.23 bits per heavy atom. The highest BCUT2D eigenvalue weighted by Crippen LogP contribution is 2.21. The average molecular weight is 432 g/mol. The van der Waals surface area contributed by atoms with E-state index in [1.807, 2.05) is 18.2 Å². The molecular formula is C24H41N5O2. The minimum absolute atomic E-state index is 0.0266. The zero-order valence-electron chi connectivity index (χ0n) is 20.4. The van der Waals surface area contributed by atoms with Crippen molar-refractivity contribution in [1.29, 1.82) is 0 Å². The van der Waals surface area contributed by atoms with Crippen molar-refractivity contribution < 1.29 is 9.53 Å². The number of nitrogens with zero attached hydrogens (tertiary/aromatic N) is 3. The molecule has 2 unspecified atom stereocenters. The highest BCUT2D eigenvalue weighted by Gasteiger charge is 2.33. The Balaban J connectivity index is 1.94. The molecule has 0 aliphatic carbocycles. The highest BCUT2D eigenvalue weighted by molar-refractivity contribution is 5.94. The number of aliphatic imine (C=N–C) groups is 1. The van der Waals surface area contributed by atoms with E-state index in [0.717, 1.165) is 49.7 Å². The van der Waals surface area contributed by atoms with Gasteiger partial charge in [0.05, 0.1) is 18.8 Å². The maximum absolute atomic E-state index is 12.2. The molecule has 0 bridgehead atoms. The van der Waals surface area contributed by atoms with Crippen LogP contribution in [-0.4, -0.2) is 86.2 Å². The Morgan fingerprint density at radius 3 is 2.52 bits per heavy atom. The summed E-state index contributed by atoms with van der Waals surface area (Å²) in [6.45, 7) is 15.0. The van der Waals surface area contributed by atoms with Crippen LogP contribution in [0.15, 0.2) is 29.3 Å². The lowest BCUT2D eigenvalue weighted by molar-refractivity contribution is -0.0939. The zero-order valence-corrected chi connectivity index (χ0v) is 20.4. The maximum atomic E-state index is 12.2. The second kappa shape index (κ2) is 11.5. The standard InChI is InChI=1S/C24H41N5O2/c1-8-25-23(27-17-24(4,5)29-15-18(2)31-19(3)16-29)26-13-12-20-10-9-11-21(14-20)22(30)28(6)7/h9-11,14,18-19H,8,12-13,15-17H2,1-7H3,(H2,25,26,27). The molecule has 2 rings (SSSR count). The van der Waals surface area contributed by atoms with Gasteiger partial charge >= 0.3 is 0 Å². The van der Waals surface area contributed by atoms with Crippen LogP contribution in [0.5, 0.6) is 0 Å². The number of benzene rings is 1. The third-order valence-electron chi connectivity index (χ3n) is 5.53. The van der Waals surface area contributed by atoms with Gasteiger partial charge in [-0.05, 0) is 58.7 Å². The first-order chi connectivity index (χ1) is 14.6. The molecule has 1 amide bonds. The highest BCUT2D eigenvalue weighted by atomic mass is 16.5. The SMILES string of the molecule is CCNC(=NCC(C)(C)N1CC(C)OC(C)C1)NCCc1cccc(C(=O)N(C)C)c1. The molecule has 2 N–H and O–H groups in total. The molecule has 0 saturated carbocycles. The summed E-state index contributed by atoms with van der Waals surface area (Å²) in [4.78, 5) is 21.1. The third-order valence-corrected chi connectivity index (χ3v) is 5.53. The van der Waals surface area contributed by atoms with Gasteiger partial charge in [0.25, 0.3) is 5.91 Å². The summed E-state index contributed by atoms with van der Waals surface area (Å²) in [6.07, 6.45) is 1.31. The molecule has 0 radical (unpaired) electrons. The molecule has 7 heteroatoms. The number of carbonyl (C=O) groups is 1. The van der Waals surface area contributed by atoms with E-state index >= 15 is 0 Å². The normalized spacial score (nSPS) is 20.4. The molecule has 1 fully saturated rings. The Hall–Kier alpha value is -2.12. The fourth-order valence-corrected chi connectivity index (χ4v) is 3.83. The molecule has 31 heavy (non-hydrogen) atoms. The molecule has 7 nitrogen and oxygen atoms in total. The van der Waals surface area contributed by atoms with Crippen molar-refractivity contribution in [2.45, 2.75) is 58.8 Å². The van der Waals surface area contributed by atoms with Gasteiger partial charge in [-0.15, -0.1) is 0 Å². The summed E-state index contributed by atoms with van der Waals surface area (Å²) in [7, 11) is 3.55. The molecule has 1 aromatic rings. The van der Waals surface area contributed by atoms with E-state index in [2.05, 4.69) is 56.2 Å². The van der Waals surface area contributed by atoms with Crippen LogP contribution in [0, 0.1) is 0 Å². The molecule has 2 atom stereocenters. The number of ether oxygens (including phenoxy) is 1. The first-order valence-electron chi connectivity index (χ1n) is 11.4. The molecule has 1 aliphatic rings. The Bertz CT molecular complexity index is 737. The van der Waals surface area contributed by atoms with E-state index in [1.54, 1.807) is 19.0 Å². The molecule has 1 saturated heterocycles. The van der Waals surface area contributed by atoms with E-state index in [4.69, 9.17) is 9.73 Å². The predicted molar refractivity (Wildman–Crippen MR) is 128 cm³/mol. The van der Waals surface area contributed by atoms with E-state index in [1.165, 1.54) is 0 Å². The lowest BCUT2D eigenvalue weighted by Crippen LogP contribution is -2.56. The summed E-state index contributed by atoms with van der Waals surface area (Å²) in [5, 5.41) is 6.78. The number of amides is 1. The third kappa shape index (κ3) is 7.82. The first kappa shape index (κ1) is 25.1. The van der Waals surface area contributed by atoms with Gasteiger partial charge in [0.2, 0.25) is 0 Å². The second-order valence-corrected chi connectivity index (χ2v) is 9.25. The second-order valence-electron chi connectivity index (χ2n) is 9.25. The fraction of sp³-hybridized carbons (Fsp3) is 0.667. The van der Waals surface area contributed by atoms with Crippen molar-refractivity contribution >= 4 is 11.9 Å². The van der Waals surface area contributed by atoms with Gasteiger partial charge < -0.3 is 20.3 Å². The molecule has 1 aliphatic heterocycles. The average Bonchev–Trinajstić information content (AvgIpc) is 2.71. The van der Waals surface area contributed by atoms with Crippen LogP contribution in [0.2, 0.25) is 0 Å². The van der Waals surface area contributed by atoms with Crippen molar-refractivity contribution in [3.63, 3.8) is 0 Å². The van der Waals surface area contributed by atoms with Crippen molar-refractivity contribution in [1.82, 2.24) is 20.4 Å². The number of hydrogen-bond donors (Lipinski definition) is 2. The zero-order chi connectivity index (χ0) is 23.0. The number of carbonyl (C=O) groups excluding carboxylic acids is 1. The van der Waals surface area contributed by atoms with Gasteiger partial charge in [-0.25, -0.2) is 0 Å². The smallest absolute Gasteiger partial charge is 0.253 e. The molecule has 174 valence electrons. The van der Waals surface area contributed by atoms with Crippen molar-refractivity contribution in [2.75, 3.05) is 46.8 Å². The van der Waals surface area contributed by atoms with Crippen molar-refractivity contribution in [2.24, 2.45) is 4.99 Å². The number of morpholine rings is 1. The van der Waals surface area contributed by atoms with Crippen molar-refractivity contribution in [3.8, 4) is 0 Å². The first-order valence-corrected chi connectivity index (χ1v) is 11.4. The van der Waals surface area contributed by atoms with E-state index in [-0.39, 0.29) is 23.7 Å². The molecule has 0 aromatic heterocycles. The fourth-order valence-electron chi connectivity index (χ4n) is 3.83. The number of hydrogen-bond acceptors (Lipinski definition) is 4. The molecule has 1 aromatic carbocycles. The summed E-state index contributed by atoms with van der Waals surface area (Å²) < 4.78 is 5.88. The van der Waals surface area contributed by atoms with Crippen LogP contribution in [0.3, 0.4) is 0 Å². The molecule has 0 spiro atoms. The number of rotatable bonds is 8. The molecule has 1 heterocycles. The summed E-state index contributed by atoms with van der Waals surface area (Å²) in [6, 6.07) is 7.83. The van der Waals surface area contributed by atoms with Crippen LogP contribution in [0.4, 0.5) is 0 Å². The van der Waals surface area contributed by atoms with E-state index < -0.39 is 0 Å². The summed E-state index contributed by atoms with van der Waals surface area (Å²) in [5.41, 5.74) is 1.81.